The molecule has 0 aliphatic rings. The Balaban J connectivity index is 1.46. The van der Waals surface area contributed by atoms with Crippen LogP contribution in [0, 0.1) is 0 Å². The van der Waals surface area contributed by atoms with Crippen LogP contribution in [0.1, 0.15) is 19.2 Å². The molecule has 0 aliphatic heterocycles. The summed E-state index contributed by atoms with van der Waals surface area (Å²) in [6, 6.07) is 13.8. The molecule has 1 aromatic heterocycles. The smallest absolute Gasteiger partial charge is 0.306 e. The Bertz CT molecular complexity index is 1060. The number of ether oxygens (including phenoxy) is 2. The number of amides is 1. The first-order valence-corrected chi connectivity index (χ1v) is 9.21. The molecule has 0 saturated heterocycles. The van der Waals surface area contributed by atoms with Crippen molar-refractivity contribution in [2.45, 2.75) is 19.8 Å². The number of aryl methyl sites for hydroxylation is 1. The number of aromatic nitrogens is 2. The number of carbonyl (C=O) groups is 2. The van der Waals surface area contributed by atoms with E-state index in [9.17, 15) is 14.4 Å². The lowest BCUT2D eigenvalue weighted by Gasteiger charge is -2.08. The van der Waals surface area contributed by atoms with Crippen molar-refractivity contribution in [3.05, 3.63) is 64.7 Å². The van der Waals surface area contributed by atoms with Crippen LogP contribution in [0.25, 0.3) is 10.9 Å². The predicted octanol–water partition coefficient (Wildman–Crippen LogP) is 2.44. The lowest BCUT2D eigenvalue weighted by atomic mass is 10.2. The standard InChI is InChI=1S/C21H21N3O5/c1-2-28-15-9-7-14(8-10-15)22-19(25)13-29-20(26)12-11-18-23-17-6-4-3-5-16(17)21(27)24-18/h3-10H,2,11-13H2,1H3,(H,22,25)(H,23,24,27). The Labute approximate surface area is 166 Å². The van der Waals surface area contributed by atoms with Crippen molar-refractivity contribution in [2.24, 2.45) is 0 Å². The molecule has 0 unspecified atom stereocenters. The van der Waals surface area contributed by atoms with E-state index in [1.165, 1.54) is 0 Å². The average molecular weight is 395 g/mol. The SMILES string of the molecule is CCOc1ccc(NC(=O)COC(=O)CCc2nc3ccccc3c(=O)[nH]2)cc1. The van der Waals surface area contributed by atoms with Crippen LogP contribution in [0.3, 0.4) is 0 Å². The van der Waals surface area contributed by atoms with E-state index < -0.39 is 18.5 Å². The van der Waals surface area contributed by atoms with E-state index in [1.54, 1.807) is 48.5 Å². The number of fused-ring (bicyclic) bond motifs is 1. The van der Waals surface area contributed by atoms with Crippen molar-refractivity contribution in [3.8, 4) is 5.75 Å². The van der Waals surface area contributed by atoms with E-state index in [0.717, 1.165) is 0 Å². The minimum Gasteiger partial charge on any atom is -0.494 e. The number of nitrogens with zero attached hydrogens (tertiary/aromatic N) is 1. The molecule has 0 saturated carbocycles. The lowest BCUT2D eigenvalue weighted by molar-refractivity contribution is -0.147. The van der Waals surface area contributed by atoms with Gasteiger partial charge in [0.25, 0.3) is 11.5 Å². The molecular formula is C21H21N3O5. The summed E-state index contributed by atoms with van der Waals surface area (Å²) in [5.74, 6) is 0.101. The Hall–Kier alpha value is -3.68. The normalized spacial score (nSPS) is 10.5. The van der Waals surface area contributed by atoms with Gasteiger partial charge in [0.15, 0.2) is 6.61 Å². The number of anilines is 1. The number of hydrogen-bond donors (Lipinski definition) is 2. The van der Waals surface area contributed by atoms with Crippen LogP contribution < -0.4 is 15.6 Å². The zero-order valence-electron chi connectivity index (χ0n) is 15.9. The maximum atomic E-state index is 12.0. The summed E-state index contributed by atoms with van der Waals surface area (Å²) in [6.07, 6.45) is 0.205. The molecule has 0 bridgehead atoms. The van der Waals surface area contributed by atoms with Crippen molar-refractivity contribution in [1.29, 1.82) is 0 Å². The summed E-state index contributed by atoms with van der Waals surface area (Å²) in [7, 11) is 0. The third kappa shape index (κ3) is 5.65. The first-order valence-electron chi connectivity index (χ1n) is 9.21. The number of esters is 1. The summed E-state index contributed by atoms with van der Waals surface area (Å²) in [4.78, 5) is 42.8. The molecule has 29 heavy (non-hydrogen) atoms. The van der Waals surface area contributed by atoms with E-state index in [2.05, 4.69) is 15.3 Å². The fourth-order valence-corrected chi connectivity index (χ4v) is 2.69. The zero-order chi connectivity index (χ0) is 20.6. The number of hydrogen-bond acceptors (Lipinski definition) is 6. The van der Waals surface area contributed by atoms with Gasteiger partial charge in [0.05, 0.1) is 23.9 Å². The Kier molecular flexibility index (Phi) is 6.57. The quantitative estimate of drug-likeness (QED) is 0.567. The molecule has 0 fully saturated rings. The molecule has 0 atom stereocenters. The fraction of sp³-hybridized carbons (Fsp3) is 0.238. The van der Waals surface area contributed by atoms with Gasteiger partial charge in [0, 0.05) is 12.1 Å². The van der Waals surface area contributed by atoms with E-state index in [-0.39, 0.29) is 18.4 Å². The molecule has 2 aromatic carbocycles. The number of rotatable bonds is 8. The van der Waals surface area contributed by atoms with Gasteiger partial charge < -0.3 is 19.8 Å². The highest BCUT2D eigenvalue weighted by Gasteiger charge is 2.10. The van der Waals surface area contributed by atoms with Gasteiger partial charge in [-0.15, -0.1) is 0 Å². The van der Waals surface area contributed by atoms with E-state index in [4.69, 9.17) is 9.47 Å². The van der Waals surface area contributed by atoms with Gasteiger partial charge in [-0.05, 0) is 43.3 Å². The van der Waals surface area contributed by atoms with Crippen LogP contribution >= 0.6 is 0 Å². The third-order valence-electron chi connectivity index (χ3n) is 4.04. The van der Waals surface area contributed by atoms with Gasteiger partial charge >= 0.3 is 5.97 Å². The van der Waals surface area contributed by atoms with E-state index in [1.807, 2.05) is 6.92 Å². The van der Waals surface area contributed by atoms with E-state index >= 15 is 0 Å². The number of para-hydroxylation sites is 1. The molecule has 8 nitrogen and oxygen atoms in total. The molecule has 3 aromatic rings. The van der Waals surface area contributed by atoms with Crippen LogP contribution in [0.5, 0.6) is 5.75 Å². The summed E-state index contributed by atoms with van der Waals surface area (Å²) in [5, 5.41) is 3.13. The van der Waals surface area contributed by atoms with Crippen molar-refractivity contribution in [2.75, 3.05) is 18.5 Å². The number of benzene rings is 2. The van der Waals surface area contributed by atoms with Crippen LogP contribution in [0.2, 0.25) is 0 Å². The molecule has 2 N–H and O–H groups in total. The number of aromatic amines is 1. The molecule has 0 radical (unpaired) electrons. The van der Waals surface area contributed by atoms with E-state index in [0.29, 0.717) is 34.8 Å². The molecule has 3 rings (SSSR count). The van der Waals surface area contributed by atoms with Crippen molar-refractivity contribution in [3.63, 3.8) is 0 Å². The van der Waals surface area contributed by atoms with Gasteiger partial charge in [0.2, 0.25) is 0 Å². The number of H-pyrrole nitrogens is 1. The fourth-order valence-electron chi connectivity index (χ4n) is 2.69. The molecule has 0 aliphatic carbocycles. The second-order valence-electron chi connectivity index (χ2n) is 6.20. The second-order valence-corrected chi connectivity index (χ2v) is 6.20. The van der Waals surface area contributed by atoms with Gasteiger partial charge in [-0.25, -0.2) is 4.98 Å². The highest BCUT2D eigenvalue weighted by molar-refractivity contribution is 5.92. The second kappa shape index (κ2) is 9.50. The molecule has 0 spiro atoms. The molecular weight excluding hydrogens is 374 g/mol. The summed E-state index contributed by atoms with van der Waals surface area (Å²) >= 11 is 0. The maximum Gasteiger partial charge on any atom is 0.306 e. The van der Waals surface area contributed by atoms with Gasteiger partial charge in [0.1, 0.15) is 11.6 Å². The average Bonchev–Trinajstić information content (AvgIpc) is 2.72. The number of nitrogens with one attached hydrogen (secondary N) is 2. The lowest BCUT2D eigenvalue weighted by Crippen LogP contribution is -2.21. The maximum absolute atomic E-state index is 12.0. The van der Waals surface area contributed by atoms with Crippen LogP contribution in [-0.4, -0.2) is 35.1 Å². The van der Waals surface area contributed by atoms with Gasteiger partial charge in [-0.2, -0.15) is 0 Å². The highest BCUT2D eigenvalue weighted by atomic mass is 16.5. The minimum atomic E-state index is -0.553. The number of carbonyl (C=O) groups excluding carboxylic acids is 2. The highest BCUT2D eigenvalue weighted by Crippen LogP contribution is 2.15. The first kappa shape index (κ1) is 20.1. The molecule has 1 amide bonds. The summed E-state index contributed by atoms with van der Waals surface area (Å²) in [6.45, 7) is 2.05. The van der Waals surface area contributed by atoms with Crippen LogP contribution in [0.4, 0.5) is 5.69 Å². The first-order chi connectivity index (χ1) is 14.0. The molecule has 1 heterocycles. The zero-order valence-corrected chi connectivity index (χ0v) is 15.9. The third-order valence-corrected chi connectivity index (χ3v) is 4.04. The van der Waals surface area contributed by atoms with Gasteiger partial charge in [-0.1, -0.05) is 12.1 Å². The predicted molar refractivity (Wildman–Crippen MR) is 108 cm³/mol. The van der Waals surface area contributed by atoms with Crippen molar-refractivity contribution in [1.82, 2.24) is 9.97 Å². The summed E-state index contributed by atoms with van der Waals surface area (Å²) < 4.78 is 10.3. The molecule has 150 valence electrons. The van der Waals surface area contributed by atoms with Crippen LogP contribution in [0.15, 0.2) is 53.3 Å². The Morgan fingerprint density at radius 1 is 1.10 bits per heavy atom. The largest absolute Gasteiger partial charge is 0.494 e. The van der Waals surface area contributed by atoms with Gasteiger partial charge in [-0.3, -0.25) is 14.4 Å². The minimum absolute atomic E-state index is 0.00237. The Morgan fingerprint density at radius 3 is 2.62 bits per heavy atom. The van der Waals surface area contributed by atoms with Crippen molar-refractivity contribution >= 4 is 28.5 Å². The monoisotopic (exact) mass is 395 g/mol. The Morgan fingerprint density at radius 2 is 1.86 bits per heavy atom. The van der Waals surface area contributed by atoms with Crippen molar-refractivity contribution < 1.29 is 19.1 Å². The summed E-state index contributed by atoms with van der Waals surface area (Å²) in [5.41, 5.74) is 0.885. The molecule has 8 heteroatoms. The topological polar surface area (TPSA) is 110 Å². The van der Waals surface area contributed by atoms with Crippen LogP contribution in [-0.2, 0) is 20.7 Å².